The van der Waals surface area contributed by atoms with Gasteiger partial charge in [-0.2, -0.15) is 0 Å². The number of methoxy groups -OCH3 is 1. The standard InChI is InChI=1S/C11H16FNO2/c1-8-4-3-5-10(12)11(8)13-6-9(14)7-15-2/h3-5,9,13-14H,6-7H2,1-2H3. The summed E-state index contributed by atoms with van der Waals surface area (Å²) >= 11 is 0. The first-order valence-corrected chi connectivity index (χ1v) is 4.81. The lowest BCUT2D eigenvalue weighted by atomic mass is 10.2. The first kappa shape index (κ1) is 11.9. The molecule has 0 radical (unpaired) electrons. The van der Waals surface area contributed by atoms with Gasteiger partial charge in [-0.25, -0.2) is 4.39 Å². The van der Waals surface area contributed by atoms with E-state index in [0.29, 0.717) is 5.69 Å². The maximum atomic E-state index is 13.3. The molecule has 0 saturated heterocycles. The van der Waals surface area contributed by atoms with Gasteiger partial charge in [-0.05, 0) is 18.6 Å². The van der Waals surface area contributed by atoms with Gasteiger partial charge in [0.1, 0.15) is 5.82 Å². The van der Waals surface area contributed by atoms with Crippen LogP contribution in [-0.4, -0.2) is 31.5 Å². The zero-order valence-corrected chi connectivity index (χ0v) is 8.96. The zero-order chi connectivity index (χ0) is 11.3. The van der Waals surface area contributed by atoms with Crippen molar-refractivity contribution in [3.8, 4) is 0 Å². The summed E-state index contributed by atoms with van der Waals surface area (Å²) in [6.07, 6.45) is -0.631. The van der Waals surface area contributed by atoms with Crippen LogP contribution < -0.4 is 5.32 Å². The van der Waals surface area contributed by atoms with Crippen LogP contribution in [0, 0.1) is 12.7 Å². The number of benzene rings is 1. The van der Waals surface area contributed by atoms with Crippen molar-refractivity contribution in [2.24, 2.45) is 0 Å². The largest absolute Gasteiger partial charge is 0.389 e. The molecule has 1 aromatic rings. The van der Waals surface area contributed by atoms with Gasteiger partial charge in [-0.3, -0.25) is 0 Å². The Balaban J connectivity index is 2.57. The van der Waals surface area contributed by atoms with Crippen LogP contribution >= 0.6 is 0 Å². The van der Waals surface area contributed by atoms with E-state index in [1.54, 1.807) is 6.07 Å². The quantitative estimate of drug-likeness (QED) is 0.779. The average Bonchev–Trinajstić information content (AvgIpc) is 2.17. The van der Waals surface area contributed by atoms with E-state index < -0.39 is 6.10 Å². The molecule has 0 aliphatic heterocycles. The Morgan fingerprint density at radius 2 is 2.27 bits per heavy atom. The highest BCUT2D eigenvalue weighted by molar-refractivity contribution is 5.51. The number of anilines is 1. The van der Waals surface area contributed by atoms with Crippen molar-refractivity contribution in [2.75, 3.05) is 25.6 Å². The molecule has 0 spiro atoms. The summed E-state index contributed by atoms with van der Waals surface area (Å²) in [7, 11) is 1.51. The third-order valence-electron chi connectivity index (χ3n) is 2.10. The molecule has 0 amide bonds. The third-order valence-corrected chi connectivity index (χ3v) is 2.10. The first-order valence-electron chi connectivity index (χ1n) is 4.81. The van der Waals surface area contributed by atoms with Crippen molar-refractivity contribution < 1.29 is 14.2 Å². The minimum atomic E-state index is -0.631. The van der Waals surface area contributed by atoms with E-state index in [1.807, 2.05) is 13.0 Å². The summed E-state index contributed by atoms with van der Waals surface area (Å²) < 4.78 is 18.1. The van der Waals surface area contributed by atoms with Crippen LogP contribution in [-0.2, 0) is 4.74 Å². The molecule has 1 atom stereocenters. The third kappa shape index (κ3) is 3.49. The van der Waals surface area contributed by atoms with Gasteiger partial charge in [0, 0.05) is 13.7 Å². The predicted molar refractivity (Wildman–Crippen MR) is 57.5 cm³/mol. The molecule has 1 aromatic carbocycles. The molecule has 0 fully saturated rings. The van der Waals surface area contributed by atoms with Crippen LogP contribution in [0.3, 0.4) is 0 Å². The highest BCUT2D eigenvalue weighted by Gasteiger charge is 2.07. The summed E-state index contributed by atoms with van der Waals surface area (Å²) in [6.45, 7) is 2.32. The molecule has 3 nitrogen and oxygen atoms in total. The molecule has 0 aromatic heterocycles. The molecule has 1 rings (SSSR count). The summed E-state index contributed by atoms with van der Waals surface area (Å²) in [6, 6.07) is 4.85. The maximum Gasteiger partial charge on any atom is 0.146 e. The van der Waals surface area contributed by atoms with E-state index in [0.717, 1.165) is 5.56 Å². The van der Waals surface area contributed by atoms with Gasteiger partial charge >= 0.3 is 0 Å². The monoisotopic (exact) mass is 213 g/mol. The summed E-state index contributed by atoms with van der Waals surface area (Å²) in [5.74, 6) is -0.306. The second-order valence-corrected chi connectivity index (χ2v) is 3.42. The molecule has 2 N–H and O–H groups in total. The van der Waals surface area contributed by atoms with Gasteiger partial charge in [0.2, 0.25) is 0 Å². The molecule has 0 aliphatic carbocycles. The minimum absolute atomic E-state index is 0.237. The number of hydrogen-bond donors (Lipinski definition) is 2. The van der Waals surface area contributed by atoms with Gasteiger partial charge in [0.15, 0.2) is 0 Å². The number of aliphatic hydroxyl groups is 1. The van der Waals surface area contributed by atoms with E-state index in [9.17, 15) is 9.50 Å². The summed E-state index contributed by atoms with van der Waals surface area (Å²) in [5.41, 5.74) is 1.26. The van der Waals surface area contributed by atoms with Crippen molar-refractivity contribution in [2.45, 2.75) is 13.0 Å². The SMILES string of the molecule is COCC(O)CNc1c(C)cccc1F. The first-order chi connectivity index (χ1) is 7.15. The Bertz CT molecular complexity index is 297. The van der Waals surface area contributed by atoms with Crippen LogP contribution in [0.15, 0.2) is 18.2 Å². The van der Waals surface area contributed by atoms with Gasteiger partial charge < -0.3 is 15.2 Å². The van der Waals surface area contributed by atoms with Gasteiger partial charge in [-0.15, -0.1) is 0 Å². The number of para-hydroxylation sites is 1. The fourth-order valence-corrected chi connectivity index (χ4v) is 1.33. The highest BCUT2D eigenvalue weighted by atomic mass is 19.1. The Morgan fingerprint density at radius 1 is 1.53 bits per heavy atom. The van der Waals surface area contributed by atoms with E-state index >= 15 is 0 Å². The van der Waals surface area contributed by atoms with Gasteiger partial charge in [0.25, 0.3) is 0 Å². The van der Waals surface area contributed by atoms with E-state index in [-0.39, 0.29) is 19.0 Å². The number of rotatable bonds is 5. The summed E-state index contributed by atoms with van der Waals surface area (Å²) in [5, 5.41) is 12.2. The number of aliphatic hydroxyl groups excluding tert-OH is 1. The lowest BCUT2D eigenvalue weighted by molar-refractivity contribution is 0.0727. The number of halogens is 1. The van der Waals surface area contributed by atoms with Crippen molar-refractivity contribution in [3.05, 3.63) is 29.6 Å². The van der Waals surface area contributed by atoms with Gasteiger partial charge in [0.05, 0.1) is 18.4 Å². The smallest absolute Gasteiger partial charge is 0.146 e. The molecule has 84 valence electrons. The summed E-state index contributed by atoms with van der Waals surface area (Å²) in [4.78, 5) is 0. The number of aryl methyl sites for hydroxylation is 1. The number of nitrogens with one attached hydrogen (secondary N) is 1. The van der Waals surface area contributed by atoms with Crippen molar-refractivity contribution in [1.82, 2.24) is 0 Å². The van der Waals surface area contributed by atoms with Gasteiger partial charge in [-0.1, -0.05) is 12.1 Å². The molecule has 1 unspecified atom stereocenters. The molecule has 0 bridgehead atoms. The molecule has 0 saturated carbocycles. The Hall–Kier alpha value is -1.13. The van der Waals surface area contributed by atoms with E-state index in [2.05, 4.69) is 5.32 Å². The Labute approximate surface area is 88.9 Å². The molecule has 4 heteroatoms. The fraction of sp³-hybridized carbons (Fsp3) is 0.455. The van der Waals surface area contributed by atoms with Crippen LogP contribution in [0.25, 0.3) is 0 Å². The molecular weight excluding hydrogens is 197 g/mol. The van der Waals surface area contributed by atoms with Crippen molar-refractivity contribution in [1.29, 1.82) is 0 Å². The van der Waals surface area contributed by atoms with Crippen molar-refractivity contribution >= 4 is 5.69 Å². The Morgan fingerprint density at radius 3 is 2.87 bits per heavy atom. The molecular formula is C11H16FNO2. The fourth-order valence-electron chi connectivity index (χ4n) is 1.33. The molecule has 15 heavy (non-hydrogen) atoms. The van der Waals surface area contributed by atoms with Crippen LogP contribution in [0.1, 0.15) is 5.56 Å². The number of hydrogen-bond acceptors (Lipinski definition) is 3. The van der Waals surface area contributed by atoms with Crippen LogP contribution in [0.2, 0.25) is 0 Å². The average molecular weight is 213 g/mol. The minimum Gasteiger partial charge on any atom is -0.389 e. The van der Waals surface area contributed by atoms with E-state index in [4.69, 9.17) is 4.74 Å². The predicted octanol–water partition coefficient (Wildman–Crippen LogP) is 1.55. The van der Waals surface area contributed by atoms with Crippen LogP contribution in [0.5, 0.6) is 0 Å². The zero-order valence-electron chi connectivity index (χ0n) is 8.96. The molecule has 0 heterocycles. The normalized spacial score (nSPS) is 12.5. The second kappa shape index (κ2) is 5.68. The maximum absolute atomic E-state index is 13.3. The second-order valence-electron chi connectivity index (χ2n) is 3.42. The topological polar surface area (TPSA) is 41.5 Å². The van der Waals surface area contributed by atoms with Crippen LogP contribution in [0.4, 0.5) is 10.1 Å². The number of ether oxygens (including phenoxy) is 1. The lowest BCUT2D eigenvalue weighted by Crippen LogP contribution is -2.24. The Kier molecular flexibility index (Phi) is 4.52. The highest BCUT2D eigenvalue weighted by Crippen LogP contribution is 2.18. The van der Waals surface area contributed by atoms with Crippen molar-refractivity contribution in [3.63, 3.8) is 0 Å². The molecule has 0 aliphatic rings. The lowest BCUT2D eigenvalue weighted by Gasteiger charge is -2.14. The van der Waals surface area contributed by atoms with E-state index in [1.165, 1.54) is 13.2 Å².